The maximum Gasteiger partial charge on any atom is 0.161 e. The summed E-state index contributed by atoms with van der Waals surface area (Å²) in [6.45, 7) is 12.9. The molecule has 0 bridgehead atoms. The highest BCUT2D eigenvalue weighted by atomic mass is 16.5. The van der Waals surface area contributed by atoms with Crippen molar-refractivity contribution in [1.82, 2.24) is 4.90 Å². The topological polar surface area (TPSA) is 41.9 Å². The van der Waals surface area contributed by atoms with Crippen molar-refractivity contribution in [3.63, 3.8) is 0 Å². The van der Waals surface area contributed by atoms with Gasteiger partial charge in [0.15, 0.2) is 11.5 Å². The van der Waals surface area contributed by atoms with Crippen LogP contribution in [0.2, 0.25) is 0 Å². The van der Waals surface area contributed by atoms with Gasteiger partial charge < -0.3 is 14.6 Å². The van der Waals surface area contributed by atoms with E-state index >= 15 is 0 Å². The second kappa shape index (κ2) is 7.40. The molecule has 2 aliphatic rings. The van der Waals surface area contributed by atoms with E-state index in [0.717, 1.165) is 43.9 Å². The molecule has 0 aromatic heterocycles. The van der Waals surface area contributed by atoms with Gasteiger partial charge in [-0.1, -0.05) is 20.8 Å². The van der Waals surface area contributed by atoms with Crippen LogP contribution < -0.4 is 9.47 Å². The minimum atomic E-state index is -0.237. The van der Waals surface area contributed by atoms with Crippen LogP contribution in [-0.4, -0.2) is 42.4 Å². The summed E-state index contributed by atoms with van der Waals surface area (Å²) in [4.78, 5) is 2.56. The molecule has 2 heterocycles. The average molecular weight is 362 g/mol. The van der Waals surface area contributed by atoms with Crippen LogP contribution in [0, 0.1) is 11.3 Å². The van der Waals surface area contributed by atoms with E-state index in [2.05, 4.69) is 37.8 Å². The second-order valence-electron chi connectivity index (χ2n) is 9.46. The van der Waals surface area contributed by atoms with Gasteiger partial charge in [0.2, 0.25) is 0 Å². The van der Waals surface area contributed by atoms with Crippen molar-refractivity contribution in [1.29, 1.82) is 0 Å². The molecule has 0 aliphatic carbocycles. The molecule has 1 N–H and O–H groups in total. The van der Waals surface area contributed by atoms with Gasteiger partial charge in [-0.15, -0.1) is 0 Å². The summed E-state index contributed by atoms with van der Waals surface area (Å²) < 4.78 is 11.5. The number of fused-ring (bicyclic) bond motifs is 3. The van der Waals surface area contributed by atoms with Gasteiger partial charge in [0.05, 0.1) is 19.3 Å². The zero-order valence-corrected chi connectivity index (χ0v) is 17.2. The number of methoxy groups -OCH3 is 1. The Hall–Kier alpha value is -1.26. The lowest BCUT2D eigenvalue weighted by Gasteiger charge is -2.47. The number of aliphatic hydroxyl groups is 1. The normalized spacial score (nSPS) is 26.4. The minimum Gasteiger partial charge on any atom is -0.493 e. The Kier molecular flexibility index (Phi) is 5.55. The molecule has 1 aromatic rings. The second-order valence-corrected chi connectivity index (χ2v) is 9.46. The zero-order chi connectivity index (χ0) is 19.1. The SMILES string of the molecule is COc1cc2c(cc1OC(C)C)CCN1CC(CC(C)(C)C)C(O)CC21. The van der Waals surface area contributed by atoms with Crippen molar-refractivity contribution in [3.05, 3.63) is 23.3 Å². The monoisotopic (exact) mass is 361 g/mol. The lowest BCUT2D eigenvalue weighted by atomic mass is 9.75. The van der Waals surface area contributed by atoms with Gasteiger partial charge in [-0.05, 0) is 67.7 Å². The highest BCUT2D eigenvalue weighted by molar-refractivity contribution is 5.49. The van der Waals surface area contributed by atoms with Gasteiger partial charge in [-0.2, -0.15) is 0 Å². The molecule has 3 rings (SSSR count). The molecular weight excluding hydrogens is 326 g/mol. The summed E-state index contributed by atoms with van der Waals surface area (Å²) in [5.41, 5.74) is 2.89. The number of benzene rings is 1. The van der Waals surface area contributed by atoms with Crippen LogP contribution in [0.15, 0.2) is 12.1 Å². The number of piperidine rings is 1. The summed E-state index contributed by atoms with van der Waals surface area (Å²) in [7, 11) is 1.70. The van der Waals surface area contributed by atoms with Crippen molar-refractivity contribution in [2.75, 3.05) is 20.2 Å². The summed E-state index contributed by atoms with van der Waals surface area (Å²) in [6.07, 6.45) is 2.79. The van der Waals surface area contributed by atoms with Crippen molar-refractivity contribution in [2.45, 2.75) is 72.1 Å². The van der Waals surface area contributed by atoms with E-state index in [-0.39, 0.29) is 23.7 Å². The number of aliphatic hydroxyl groups excluding tert-OH is 1. The number of nitrogens with zero attached hydrogens (tertiary/aromatic N) is 1. The Bertz CT molecular complexity index is 635. The molecule has 0 saturated carbocycles. The molecule has 4 heteroatoms. The van der Waals surface area contributed by atoms with Crippen LogP contribution >= 0.6 is 0 Å². The maximum atomic E-state index is 10.8. The molecule has 2 aliphatic heterocycles. The van der Waals surface area contributed by atoms with E-state index in [1.165, 1.54) is 11.1 Å². The number of hydrogen-bond acceptors (Lipinski definition) is 4. The number of hydrogen-bond donors (Lipinski definition) is 1. The van der Waals surface area contributed by atoms with Gasteiger partial charge in [-0.25, -0.2) is 0 Å². The highest BCUT2D eigenvalue weighted by Gasteiger charge is 2.39. The predicted octanol–water partition coefficient (Wildman–Crippen LogP) is 4.20. The van der Waals surface area contributed by atoms with E-state index in [1.807, 2.05) is 13.8 Å². The van der Waals surface area contributed by atoms with E-state index in [9.17, 15) is 5.11 Å². The molecule has 146 valence electrons. The largest absolute Gasteiger partial charge is 0.493 e. The Balaban J connectivity index is 1.85. The van der Waals surface area contributed by atoms with Crippen molar-refractivity contribution in [2.24, 2.45) is 11.3 Å². The van der Waals surface area contributed by atoms with Gasteiger partial charge in [-0.3, -0.25) is 4.90 Å². The molecular formula is C22H35NO3. The maximum absolute atomic E-state index is 10.8. The van der Waals surface area contributed by atoms with Gasteiger partial charge >= 0.3 is 0 Å². The molecule has 1 saturated heterocycles. The summed E-state index contributed by atoms with van der Waals surface area (Å²) in [5.74, 6) is 1.99. The molecule has 0 spiro atoms. The van der Waals surface area contributed by atoms with E-state index in [4.69, 9.17) is 9.47 Å². The Labute approximate surface area is 158 Å². The third-order valence-electron chi connectivity index (χ3n) is 5.61. The first-order chi connectivity index (χ1) is 12.2. The fourth-order valence-corrected chi connectivity index (χ4v) is 4.59. The smallest absolute Gasteiger partial charge is 0.161 e. The minimum absolute atomic E-state index is 0.122. The third kappa shape index (κ3) is 4.17. The summed E-state index contributed by atoms with van der Waals surface area (Å²) in [5, 5.41) is 10.8. The van der Waals surface area contributed by atoms with Crippen LogP contribution in [0.1, 0.15) is 64.6 Å². The van der Waals surface area contributed by atoms with Crippen LogP contribution in [0.5, 0.6) is 11.5 Å². The van der Waals surface area contributed by atoms with Crippen LogP contribution in [0.25, 0.3) is 0 Å². The van der Waals surface area contributed by atoms with Crippen molar-refractivity contribution >= 4 is 0 Å². The van der Waals surface area contributed by atoms with Gasteiger partial charge in [0, 0.05) is 19.1 Å². The zero-order valence-electron chi connectivity index (χ0n) is 17.2. The predicted molar refractivity (Wildman–Crippen MR) is 105 cm³/mol. The molecule has 1 fully saturated rings. The molecule has 1 aromatic carbocycles. The molecule has 4 nitrogen and oxygen atoms in total. The molecule has 26 heavy (non-hydrogen) atoms. The number of rotatable bonds is 4. The summed E-state index contributed by atoms with van der Waals surface area (Å²) in [6, 6.07) is 4.58. The van der Waals surface area contributed by atoms with Crippen LogP contribution in [0.4, 0.5) is 0 Å². The highest BCUT2D eigenvalue weighted by Crippen LogP contribution is 2.44. The number of ether oxygens (including phenoxy) is 2. The molecule has 0 radical (unpaired) electrons. The van der Waals surface area contributed by atoms with E-state index in [1.54, 1.807) is 7.11 Å². The molecule has 0 amide bonds. The average Bonchev–Trinajstić information content (AvgIpc) is 2.53. The Morgan fingerprint density at radius 2 is 1.96 bits per heavy atom. The van der Waals surface area contributed by atoms with Gasteiger partial charge in [0.25, 0.3) is 0 Å². The third-order valence-corrected chi connectivity index (χ3v) is 5.61. The standard InChI is InChI=1S/C22H35NO3/c1-14(2)26-21-9-15-7-8-23-13-16(12-22(3,4)5)19(24)11-18(23)17(15)10-20(21)25-6/h9-10,14,16,18-19,24H,7-8,11-13H2,1-6H3. The van der Waals surface area contributed by atoms with Crippen molar-refractivity contribution < 1.29 is 14.6 Å². The first-order valence-electron chi connectivity index (χ1n) is 9.97. The van der Waals surface area contributed by atoms with Crippen molar-refractivity contribution in [3.8, 4) is 11.5 Å². The quantitative estimate of drug-likeness (QED) is 0.873. The Morgan fingerprint density at radius 3 is 2.58 bits per heavy atom. The van der Waals surface area contributed by atoms with E-state index in [0.29, 0.717) is 5.92 Å². The fraction of sp³-hybridized carbons (Fsp3) is 0.727. The lowest BCUT2D eigenvalue weighted by molar-refractivity contribution is -0.0259. The van der Waals surface area contributed by atoms with Gasteiger partial charge in [0.1, 0.15) is 0 Å². The first kappa shape index (κ1) is 19.5. The lowest BCUT2D eigenvalue weighted by Crippen LogP contribution is -2.48. The molecule has 3 atom stereocenters. The van der Waals surface area contributed by atoms with Crippen LogP contribution in [0.3, 0.4) is 0 Å². The first-order valence-corrected chi connectivity index (χ1v) is 9.97. The summed E-state index contributed by atoms with van der Waals surface area (Å²) >= 11 is 0. The fourth-order valence-electron chi connectivity index (χ4n) is 4.59. The van der Waals surface area contributed by atoms with Crippen LogP contribution in [-0.2, 0) is 6.42 Å². The molecule has 3 unspecified atom stereocenters. The Morgan fingerprint density at radius 1 is 1.23 bits per heavy atom. The van der Waals surface area contributed by atoms with E-state index < -0.39 is 0 Å².